The SMILES string of the molecule is CCNC(=O)C(C)Nc1ccc(S(N)(=O)=O)cc1C(=O)O. The Bertz CT molecular complexity index is 657. The first-order valence-electron chi connectivity index (χ1n) is 6.11. The Morgan fingerprint density at radius 2 is 2.00 bits per heavy atom. The lowest BCUT2D eigenvalue weighted by Crippen LogP contribution is -2.37. The Kier molecular flexibility index (Phi) is 5.28. The number of benzene rings is 1. The first-order valence-corrected chi connectivity index (χ1v) is 7.65. The van der Waals surface area contributed by atoms with Crippen LogP contribution in [0.5, 0.6) is 0 Å². The summed E-state index contributed by atoms with van der Waals surface area (Å²) in [7, 11) is -4.00. The molecule has 0 spiro atoms. The average molecular weight is 315 g/mol. The third kappa shape index (κ3) is 4.43. The molecule has 0 saturated heterocycles. The number of primary sulfonamides is 1. The van der Waals surface area contributed by atoms with Crippen molar-refractivity contribution in [2.45, 2.75) is 24.8 Å². The van der Waals surface area contributed by atoms with Crippen LogP contribution in [0.3, 0.4) is 0 Å². The Balaban J connectivity index is 3.13. The minimum absolute atomic E-state index is 0.133. The van der Waals surface area contributed by atoms with Crippen LogP contribution in [0, 0.1) is 0 Å². The number of nitrogens with two attached hydrogens (primary N) is 1. The fraction of sp³-hybridized carbons (Fsp3) is 0.333. The second kappa shape index (κ2) is 6.55. The number of carbonyl (C=O) groups is 2. The molecule has 0 aliphatic carbocycles. The molecule has 21 heavy (non-hydrogen) atoms. The van der Waals surface area contributed by atoms with Gasteiger partial charge in [-0.05, 0) is 32.0 Å². The molecule has 8 nitrogen and oxygen atoms in total. The Labute approximate surface area is 122 Å². The number of hydrogen-bond donors (Lipinski definition) is 4. The first kappa shape index (κ1) is 16.9. The van der Waals surface area contributed by atoms with Crippen LogP contribution in [0.1, 0.15) is 24.2 Å². The molecule has 5 N–H and O–H groups in total. The summed E-state index contributed by atoms with van der Waals surface area (Å²) in [5, 5.41) is 19.4. The monoisotopic (exact) mass is 315 g/mol. The summed E-state index contributed by atoms with van der Waals surface area (Å²) in [6, 6.07) is 2.71. The predicted octanol–water partition coefficient (Wildman–Crippen LogP) is -0.0313. The Morgan fingerprint density at radius 3 is 2.48 bits per heavy atom. The van der Waals surface area contributed by atoms with Gasteiger partial charge in [-0.1, -0.05) is 0 Å². The van der Waals surface area contributed by atoms with Gasteiger partial charge in [0.1, 0.15) is 6.04 Å². The van der Waals surface area contributed by atoms with Gasteiger partial charge in [-0.2, -0.15) is 0 Å². The number of carbonyl (C=O) groups excluding carboxylic acids is 1. The number of carboxylic acids is 1. The number of rotatable bonds is 6. The molecule has 0 radical (unpaired) electrons. The second-order valence-electron chi connectivity index (χ2n) is 4.32. The topological polar surface area (TPSA) is 139 Å². The standard InChI is InChI=1S/C12H17N3O5S/c1-3-14-11(16)7(2)15-10-5-4-8(21(13,19)20)6-9(10)12(17)18/h4-7,15H,3H2,1-2H3,(H,14,16)(H,17,18)(H2,13,19,20). The maximum absolute atomic E-state index is 11.6. The molecular formula is C12H17N3O5S. The van der Waals surface area contributed by atoms with Crippen molar-refractivity contribution >= 4 is 27.6 Å². The van der Waals surface area contributed by atoms with E-state index < -0.39 is 22.0 Å². The molecule has 0 aliphatic rings. The van der Waals surface area contributed by atoms with E-state index >= 15 is 0 Å². The number of aromatic carboxylic acids is 1. The van der Waals surface area contributed by atoms with Crippen molar-refractivity contribution in [1.82, 2.24) is 5.32 Å². The van der Waals surface area contributed by atoms with E-state index in [0.29, 0.717) is 6.54 Å². The smallest absolute Gasteiger partial charge is 0.337 e. The summed E-state index contributed by atoms with van der Waals surface area (Å²) in [5.41, 5.74) is -0.147. The maximum Gasteiger partial charge on any atom is 0.337 e. The molecule has 0 fully saturated rings. The molecule has 0 aliphatic heterocycles. The van der Waals surface area contributed by atoms with Gasteiger partial charge in [-0.3, -0.25) is 4.79 Å². The van der Waals surface area contributed by atoms with Crippen molar-refractivity contribution in [2.75, 3.05) is 11.9 Å². The molecule has 1 amide bonds. The highest BCUT2D eigenvalue weighted by molar-refractivity contribution is 7.89. The molecular weight excluding hydrogens is 298 g/mol. The number of carboxylic acid groups (broad SMARTS) is 1. The number of hydrogen-bond acceptors (Lipinski definition) is 5. The van der Waals surface area contributed by atoms with Crippen LogP contribution in [0.25, 0.3) is 0 Å². The third-order valence-corrected chi connectivity index (χ3v) is 3.58. The molecule has 9 heteroatoms. The van der Waals surface area contributed by atoms with Crippen molar-refractivity contribution in [3.05, 3.63) is 23.8 Å². The van der Waals surface area contributed by atoms with Gasteiger partial charge in [0.05, 0.1) is 10.5 Å². The summed E-state index contributed by atoms with van der Waals surface area (Å²) in [6.07, 6.45) is 0. The molecule has 1 rings (SSSR count). The molecule has 1 atom stereocenters. The summed E-state index contributed by atoms with van der Waals surface area (Å²) < 4.78 is 22.5. The van der Waals surface area contributed by atoms with E-state index in [1.807, 2.05) is 0 Å². The van der Waals surface area contributed by atoms with Crippen molar-refractivity contribution in [1.29, 1.82) is 0 Å². The fourth-order valence-electron chi connectivity index (χ4n) is 1.63. The Hall–Kier alpha value is -2.13. The third-order valence-electron chi connectivity index (χ3n) is 2.67. The summed E-state index contributed by atoms with van der Waals surface area (Å²) in [6.45, 7) is 3.76. The fourth-order valence-corrected chi connectivity index (χ4v) is 2.17. The van der Waals surface area contributed by atoms with E-state index in [-0.39, 0.29) is 22.1 Å². The molecule has 0 aromatic heterocycles. The van der Waals surface area contributed by atoms with E-state index in [1.54, 1.807) is 13.8 Å². The van der Waals surface area contributed by atoms with Crippen LogP contribution < -0.4 is 15.8 Å². The van der Waals surface area contributed by atoms with Crippen molar-refractivity contribution in [3.63, 3.8) is 0 Å². The van der Waals surface area contributed by atoms with Gasteiger partial charge in [0.25, 0.3) is 0 Å². The van der Waals surface area contributed by atoms with Crippen molar-refractivity contribution < 1.29 is 23.1 Å². The highest BCUT2D eigenvalue weighted by atomic mass is 32.2. The molecule has 1 unspecified atom stereocenters. The molecule has 1 aromatic carbocycles. The molecule has 1 aromatic rings. The van der Waals surface area contributed by atoms with E-state index in [4.69, 9.17) is 10.2 Å². The summed E-state index contributed by atoms with van der Waals surface area (Å²) in [5.74, 6) is -1.63. The lowest BCUT2D eigenvalue weighted by atomic mass is 10.1. The normalized spacial score (nSPS) is 12.5. The van der Waals surface area contributed by atoms with Gasteiger partial charge in [-0.15, -0.1) is 0 Å². The van der Waals surface area contributed by atoms with E-state index in [0.717, 1.165) is 6.07 Å². The lowest BCUT2D eigenvalue weighted by molar-refractivity contribution is -0.121. The van der Waals surface area contributed by atoms with Gasteiger partial charge in [0.15, 0.2) is 0 Å². The quantitative estimate of drug-likeness (QED) is 0.581. The van der Waals surface area contributed by atoms with Gasteiger partial charge >= 0.3 is 5.97 Å². The van der Waals surface area contributed by atoms with E-state index in [2.05, 4.69) is 10.6 Å². The molecule has 0 heterocycles. The number of anilines is 1. The number of sulfonamides is 1. The van der Waals surface area contributed by atoms with Gasteiger partial charge in [0.2, 0.25) is 15.9 Å². The maximum atomic E-state index is 11.6. The largest absolute Gasteiger partial charge is 0.478 e. The van der Waals surface area contributed by atoms with E-state index in [9.17, 15) is 18.0 Å². The Morgan fingerprint density at radius 1 is 1.38 bits per heavy atom. The van der Waals surface area contributed by atoms with Crippen molar-refractivity contribution in [3.8, 4) is 0 Å². The molecule has 116 valence electrons. The first-order chi connectivity index (χ1) is 9.66. The van der Waals surface area contributed by atoms with Crippen molar-refractivity contribution in [2.24, 2.45) is 5.14 Å². The van der Waals surface area contributed by atoms with Crippen LogP contribution in [0.2, 0.25) is 0 Å². The number of likely N-dealkylation sites (N-methyl/N-ethyl adjacent to an activating group) is 1. The van der Waals surface area contributed by atoms with Gasteiger partial charge < -0.3 is 15.7 Å². The van der Waals surface area contributed by atoms with Crippen LogP contribution in [0.15, 0.2) is 23.1 Å². The van der Waals surface area contributed by atoms with Crippen LogP contribution in [-0.4, -0.2) is 38.0 Å². The zero-order valence-corrected chi connectivity index (χ0v) is 12.4. The summed E-state index contributed by atoms with van der Waals surface area (Å²) in [4.78, 5) is 22.5. The average Bonchev–Trinajstić information content (AvgIpc) is 2.37. The minimum Gasteiger partial charge on any atom is -0.478 e. The zero-order valence-electron chi connectivity index (χ0n) is 11.6. The minimum atomic E-state index is -4.00. The van der Waals surface area contributed by atoms with Gasteiger partial charge in [0, 0.05) is 12.2 Å². The van der Waals surface area contributed by atoms with E-state index in [1.165, 1.54) is 12.1 Å². The highest BCUT2D eigenvalue weighted by Gasteiger charge is 2.19. The van der Waals surface area contributed by atoms with Crippen LogP contribution in [-0.2, 0) is 14.8 Å². The highest BCUT2D eigenvalue weighted by Crippen LogP contribution is 2.20. The van der Waals surface area contributed by atoms with Crippen LogP contribution in [0.4, 0.5) is 5.69 Å². The summed E-state index contributed by atoms with van der Waals surface area (Å²) >= 11 is 0. The zero-order chi connectivity index (χ0) is 16.2. The van der Waals surface area contributed by atoms with Gasteiger partial charge in [-0.25, -0.2) is 18.4 Å². The van der Waals surface area contributed by atoms with Crippen LogP contribution >= 0.6 is 0 Å². The number of amides is 1. The molecule has 0 bridgehead atoms. The lowest BCUT2D eigenvalue weighted by Gasteiger charge is -2.16. The molecule has 0 saturated carbocycles. The number of nitrogens with one attached hydrogen (secondary N) is 2. The predicted molar refractivity (Wildman–Crippen MR) is 76.5 cm³/mol. The second-order valence-corrected chi connectivity index (χ2v) is 5.88.